The minimum Gasteiger partial charge on any atom is -0.296 e. The Hall–Kier alpha value is -1.94. The first-order valence-corrected chi connectivity index (χ1v) is 11.6. The topological polar surface area (TPSA) is 34.9 Å². The summed E-state index contributed by atoms with van der Waals surface area (Å²) in [4.78, 5) is 17.4. The number of halogens is 1. The van der Waals surface area contributed by atoms with Gasteiger partial charge in [-0.2, -0.15) is 4.98 Å². The Bertz CT molecular complexity index is 1170. The molecule has 1 fully saturated rings. The Labute approximate surface area is 180 Å². The molecule has 0 saturated heterocycles. The first kappa shape index (κ1) is 19.0. The molecule has 0 spiro atoms. The number of benzene rings is 2. The molecule has 1 saturated carbocycles. The van der Waals surface area contributed by atoms with E-state index in [1.807, 2.05) is 18.2 Å². The van der Waals surface area contributed by atoms with E-state index < -0.39 is 0 Å². The van der Waals surface area contributed by atoms with Crippen LogP contribution < -0.4 is 5.56 Å². The van der Waals surface area contributed by atoms with Crippen molar-refractivity contribution in [2.45, 2.75) is 64.2 Å². The quantitative estimate of drug-likeness (QED) is 0.448. The summed E-state index contributed by atoms with van der Waals surface area (Å²) in [7, 11) is 0. The Morgan fingerprint density at radius 3 is 2.62 bits per heavy atom. The molecule has 0 unspecified atom stereocenters. The van der Waals surface area contributed by atoms with Crippen molar-refractivity contribution in [2.75, 3.05) is 0 Å². The van der Waals surface area contributed by atoms with Crippen LogP contribution in [0.3, 0.4) is 0 Å². The van der Waals surface area contributed by atoms with Crippen molar-refractivity contribution in [3.63, 3.8) is 0 Å². The smallest absolute Gasteiger partial charge is 0.281 e. The number of aromatic nitrogens is 2. The van der Waals surface area contributed by atoms with Gasteiger partial charge in [-0.05, 0) is 96.6 Å². The third kappa shape index (κ3) is 2.83. The molecule has 5 rings (SSSR count). The van der Waals surface area contributed by atoms with Crippen molar-refractivity contribution < 1.29 is 0 Å². The van der Waals surface area contributed by atoms with Crippen LogP contribution in [0, 0.1) is 5.92 Å². The zero-order valence-electron chi connectivity index (χ0n) is 17.3. The van der Waals surface area contributed by atoms with Crippen LogP contribution in [0.4, 0.5) is 0 Å². The summed E-state index contributed by atoms with van der Waals surface area (Å²) < 4.78 is 3.03. The minimum absolute atomic E-state index is 0.155. The van der Waals surface area contributed by atoms with Gasteiger partial charge in [-0.25, -0.2) is 0 Å². The third-order valence-corrected chi connectivity index (χ3v) is 7.92. The van der Waals surface area contributed by atoms with Crippen molar-refractivity contribution in [3.8, 4) is 5.69 Å². The highest BCUT2D eigenvalue weighted by Crippen LogP contribution is 2.45. The van der Waals surface area contributed by atoms with Gasteiger partial charge in [-0.1, -0.05) is 31.5 Å². The molecule has 4 heteroatoms. The van der Waals surface area contributed by atoms with Crippen LogP contribution in [0.25, 0.3) is 16.6 Å². The van der Waals surface area contributed by atoms with E-state index in [4.69, 9.17) is 0 Å². The van der Waals surface area contributed by atoms with Gasteiger partial charge in [0.1, 0.15) is 5.82 Å². The van der Waals surface area contributed by atoms with E-state index in [0.29, 0.717) is 11.3 Å². The van der Waals surface area contributed by atoms with E-state index >= 15 is 0 Å². The molecule has 2 heterocycles. The molecular formula is C25H27BrN2O. The highest BCUT2D eigenvalue weighted by Gasteiger charge is 2.39. The summed E-state index contributed by atoms with van der Waals surface area (Å²) >= 11 is 3.56. The Balaban J connectivity index is 1.70. The van der Waals surface area contributed by atoms with E-state index in [9.17, 15) is 4.79 Å². The fraction of sp³-hybridized carbons (Fsp3) is 0.440. The monoisotopic (exact) mass is 450 g/mol. The van der Waals surface area contributed by atoms with Gasteiger partial charge in [0.2, 0.25) is 0 Å². The molecule has 150 valence electrons. The standard InChI is InChI=1S/C25H27BrN2O/c1-4-15-8-10-16(11-9-15)17-12-13-18-21(14-17)28-20-7-5-6-19(26)22(20)23(29)27-24(28)25(18,2)3/h5-7,12-16H,4,8-11H2,1-3H3. The molecule has 29 heavy (non-hydrogen) atoms. The average molecular weight is 451 g/mol. The molecule has 2 aliphatic rings. The summed E-state index contributed by atoms with van der Waals surface area (Å²) in [5.41, 5.74) is 4.37. The molecule has 2 aromatic carbocycles. The molecule has 3 nitrogen and oxygen atoms in total. The van der Waals surface area contributed by atoms with Gasteiger partial charge < -0.3 is 0 Å². The maximum absolute atomic E-state index is 12.8. The van der Waals surface area contributed by atoms with Crippen molar-refractivity contribution in [1.29, 1.82) is 0 Å². The van der Waals surface area contributed by atoms with Gasteiger partial charge in [-0.3, -0.25) is 9.36 Å². The number of nitrogens with zero attached hydrogens (tertiary/aromatic N) is 2. The van der Waals surface area contributed by atoms with E-state index in [1.54, 1.807) is 0 Å². The van der Waals surface area contributed by atoms with E-state index in [-0.39, 0.29) is 11.0 Å². The average Bonchev–Trinajstić information content (AvgIpc) is 2.95. The number of hydrogen-bond donors (Lipinski definition) is 0. The second-order valence-electron chi connectivity index (χ2n) is 9.24. The van der Waals surface area contributed by atoms with Crippen molar-refractivity contribution >= 4 is 26.8 Å². The largest absolute Gasteiger partial charge is 0.296 e. The van der Waals surface area contributed by atoms with E-state index in [0.717, 1.165) is 21.7 Å². The molecule has 0 N–H and O–H groups in total. The lowest BCUT2D eigenvalue weighted by Gasteiger charge is -2.28. The fourth-order valence-corrected chi connectivity index (χ4v) is 5.96. The fourth-order valence-electron chi connectivity index (χ4n) is 5.43. The molecular weight excluding hydrogens is 424 g/mol. The lowest BCUT2D eigenvalue weighted by Crippen LogP contribution is -2.24. The zero-order valence-corrected chi connectivity index (χ0v) is 18.9. The Morgan fingerprint density at radius 1 is 1.14 bits per heavy atom. The van der Waals surface area contributed by atoms with Crippen LogP contribution in [0.15, 0.2) is 45.7 Å². The Kier molecular flexibility index (Phi) is 4.47. The first-order valence-electron chi connectivity index (χ1n) is 10.8. The maximum Gasteiger partial charge on any atom is 0.281 e. The normalized spacial score (nSPS) is 22.5. The molecule has 3 aromatic rings. The van der Waals surface area contributed by atoms with Crippen molar-refractivity contribution in [1.82, 2.24) is 9.55 Å². The summed E-state index contributed by atoms with van der Waals surface area (Å²) in [5, 5.41) is 0.661. The predicted octanol–water partition coefficient (Wildman–Crippen LogP) is 6.47. The number of hydrogen-bond acceptors (Lipinski definition) is 2. The van der Waals surface area contributed by atoms with E-state index in [2.05, 4.69) is 64.5 Å². The van der Waals surface area contributed by atoms with E-state index in [1.165, 1.54) is 48.9 Å². The zero-order chi connectivity index (χ0) is 20.3. The van der Waals surface area contributed by atoms with Crippen LogP contribution in [-0.4, -0.2) is 9.55 Å². The molecule has 0 amide bonds. The minimum atomic E-state index is -0.288. The molecule has 0 atom stereocenters. The van der Waals surface area contributed by atoms with Crippen molar-refractivity contribution in [3.05, 3.63) is 68.2 Å². The highest BCUT2D eigenvalue weighted by atomic mass is 79.9. The van der Waals surface area contributed by atoms with Crippen LogP contribution in [-0.2, 0) is 5.41 Å². The number of rotatable bonds is 2. The van der Waals surface area contributed by atoms with Crippen LogP contribution in [0.2, 0.25) is 0 Å². The van der Waals surface area contributed by atoms with Gasteiger partial charge >= 0.3 is 0 Å². The predicted molar refractivity (Wildman–Crippen MR) is 122 cm³/mol. The molecule has 0 radical (unpaired) electrons. The van der Waals surface area contributed by atoms with Gasteiger partial charge in [0.15, 0.2) is 0 Å². The second kappa shape index (κ2) is 6.80. The maximum atomic E-state index is 12.8. The van der Waals surface area contributed by atoms with Gasteiger partial charge in [0, 0.05) is 4.47 Å². The molecule has 1 aliphatic carbocycles. The highest BCUT2D eigenvalue weighted by molar-refractivity contribution is 9.10. The lowest BCUT2D eigenvalue weighted by atomic mass is 9.77. The van der Waals surface area contributed by atoms with Gasteiger partial charge in [0.05, 0.1) is 22.0 Å². The van der Waals surface area contributed by atoms with Crippen LogP contribution in [0.5, 0.6) is 0 Å². The summed E-state index contributed by atoms with van der Waals surface area (Å²) in [6.07, 6.45) is 6.54. The van der Waals surface area contributed by atoms with Crippen LogP contribution in [0.1, 0.15) is 75.7 Å². The summed E-state index contributed by atoms with van der Waals surface area (Å²) in [5.74, 6) is 2.38. The molecule has 1 aliphatic heterocycles. The second-order valence-corrected chi connectivity index (χ2v) is 10.1. The summed E-state index contributed by atoms with van der Waals surface area (Å²) in [6, 6.07) is 12.9. The first-order chi connectivity index (χ1) is 13.9. The van der Waals surface area contributed by atoms with Gasteiger partial charge in [-0.15, -0.1) is 0 Å². The van der Waals surface area contributed by atoms with Crippen LogP contribution >= 0.6 is 15.9 Å². The summed E-state index contributed by atoms with van der Waals surface area (Å²) in [6.45, 7) is 6.66. The molecule has 0 bridgehead atoms. The Morgan fingerprint density at radius 2 is 1.90 bits per heavy atom. The third-order valence-electron chi connectivity index (χ3n) is 7.26. The van der Waals surface area contributed by atoms with Gasteiger partial charge in [0.25, 0.3) is 5.56 Å². The van der Waals surface area contributed by atoms with Crippen molar-refractivity contribution in [2.24, 2.45) is 5.92 Å². The lowest BCUT2D eigenvalue weighted by molar-refractivity contribution is 0.319. The molecule has 1 aromatic heterocycles. The number of fused-ring (bicyclic) bond motifs is 5. The SMILES string of the molecule is CCC1CCC(c2ccc3c(c2)-n2c(nc(=O)c4c(Br)cccc42)C3(C)C)CC1.